The molecule has 0 spiro atoms. The number of aromatic amines is 1. The molecule has 1 N–H and O–H groups in total. The van der Waals surface area contributed by atoms with Gasteiger partial charge in [0.1, 0.15) is 5.82 Å². The van der Waals surface area contributed by atoms with Crippen molar-refractivity contribution in [3.05, 3.63) is 56.9 Å². The van der Waals surface area contributed by atoms with Crippen LogP contribution in [0.15, 0.2) is 30.5 Å². The largest absolute Gasteiger partial charge is 0.361 e. The molecule has 0 radical (unpaired) electrons. The van der Waals surface area contributed by atoms with Crippen LogP contribution in [0.1, 0.15) is 5.56 Å². The van der Waals surface area contributed by atoms with Crippen LogP contribution in [0.25, 0.3) is 22.0 Å². The number of nitriles is 1. The number of aromatic nitrogens is 1. The molecular weight excluding hydrogens is 346 g/mol. The number of halogens is 4. The molecule has 0 unspecified atom stereocenters. The molecule has 0 saturated carbocycles. The van der Waals surface area contributed by atoms with E-state index in [0.29, 0.717) is 32.6 Å². The van der Waals surface area contributed by atoms with Gasteiger partial charge in [0.15, 0.2) is 0 Å². The first-order valence-corrected chi connectivity index (χ1v) is 7.46. The van der Waals surface area contributed by atoms with Crippen LogP contribution in [0.3, 0.4) is 0 Å². The Hall–Kier alpha value is -1.73. The summed E-state index contributed by atoms with van der Waals surface area (Å²) in [5, 5.41) is 10.1. The molecule has 0 fully saturated rings. The Morgan fingerprint density at radius 3 is 2.64 bits per heavy atom. The number of nitrogens with zero attached hydrogens (tertiary/aromatic N) is 1. The Bertz CT molecular complexity index is 925. The molecule has 0 aliphatic rings. The van der Waals surface area contributed by atoms with Crippen LogP contribution in [-0.4, -0.2) is 4.98 Å². The first kappa shape index (κ1) is 15.2. The van der Waals surface area contributed by atoms with Gasteiger partial charge in [-0.3, -0.25) is 0 Å². The first-order chi connectivity index (χ1) is 10.5. The Kier molecular flexibility index (Phi) is 4.01. The van der Waals surface area contributed by atoms with E-state index in [1.54, 1.807) is 24.4 Å². The van der Waals surface area contributed by atoms with E-state index in [2.05, 4.69) is 4.98 Å². The highest BCUT2D eigenvalue weighted by atomic mass is 35.5. The maximum Gasteiger partial charge on any atom is 0.140 e. The van der Waals surface area contributed by atoms with Crippen molar-refractivity contribution in [1.29, 1.82) is 5.26 Å². The number of benzene rings is 2. The Balaban J connectivity index is 2.31. The van der Waals surface area contributed by atoms with E-state index in [1.807, 2.05) is 6.07 Å². The van der Waals surface area contributed by atoms with E-state index in [4.69, 9.17) is 40.1 Å². The molecule has 0 saturated heterocycles. The van der Waals surface area contributed by atoms with Crippen LogP contribution >= 0.6 is 34.8 Å². The van der Waals surface area contributed by atoms with Crippen LogP contribution in [-0.2, 0) is 6.42 Å². The SMILES string of the molecule is N#CCc1c[nH]c2ccc(-c3cc(Cl)cc(Cl)c3Cl)c(F)c12. The van der Waals surface area contributed by atoms with Crippen LogP contribution < -0.4 is 0 Å². The topological polar surface area (TPSA) is 39.6 Å². The highest BCUT2D eigenvalue weighted by molar-refractivity contribution is 6.45. The van der Waals surface area contributed by atoms with Gasteiger partial charge in [0, 0.05) is 33.2 Å². The number of hydrogen-bond donors (Lipinski definition) is 1. The van der Waals surface area contributed by atoms with Crippen molar-refractivity contribution in [2.24, 2.45) is 0 Å². The molecule has 1 heterocycles. The second-order valence-electron chi connectivity index (χ2n) is 4.75. The standard InChI is InChI=1S/C16H8Cl3FN2/c17-9-5-11(15(19)12(18)6-9)10-1-2-13-14(16(10)20)8(3-4-21)7-22-13/h1-2,5-7,22H,3H2. The minimum Gasteiger partial charge on any atom is -0.361 e. The van der Waals surface area contributed by atoms with E-state index < -0.39 is 5.82 Å². The zero-order valence-corrected chi connectivity index (χ0v) is 13.3. The van der Waals surface area contributed by atoms with Crippen molar-refractivity contribution < 1.29 is 4.39 Å². The highest BCUT2D eigenvalue weighted by Crippen LogP contribution is 2.39. The summed E-state index contributed by atoms with van der Waals surface area (Å²) in [4.78, 5) is 2.95. The molecule has 0 atom stereocenters. The summed E-state index contributed by atoms with van der Waals surface area (Å²) >= 11 is 18.2. The lowest BCUT2D eigenvalue weighted by Crippen LogP contribution is -1.90. The molecule has 110 valence electrons. The lowest BCUT2D eigenvalue weighted by molar-refractivity contribution is 0.642. The third-order valence-corrected chi connectivity index (χ3v) is 4.44. The molecular formula is C16H8Cl3FN2. The molecule has 6 heteroatoms. The minimum absolute atomic E-state index is 0.115. The second-order valence-corrected chi connectivity index (χ2v) is 5.97. The predicted octanol–water partition coefficient (Wildman–Crippen LogP) is 6.00. The van der Waals surface area contributed by atoms with Crippen LogP contribution in [0.2, 0.25) is 15.1 Å². The quantitative estimate of drug-likeness (QED) is 0.564. The fraction of sp³-hybridized carbons (Fsp3) is 0.0625. The van der Waals surface area contributed by atoms with Gasteiger partial charge in [-0.25, -0.2) is 4.39 Å². The number of nitrogens with one attached hydrogen (secondary N) is 1. The summed E-state index contributed by atoms with van der Waals surface area (Å²) in [5.74, 6) is -0.454. The first-order valence-electron chi connectivity index (χ1n) is 6.33. The summed E-state index contributed by atoms with van der Waals surface area (Å²) in [6, 6.07) is 8.44. The molecule has 0 aliphatic carbocycles. The van der Waals surface area contributed by atoms with Gasteiger partial charge in [0.2, 0.25) is 0 Å². The highest BCUT2D eigenvalue weighted by Gasteiger charge is 2.17. The zero-order chi connectivity index (χ0) is 15.9. The Morgan fingerprint density at radius 1 is 1.14 bits per heavy atom. The molecule has 3 aromatic rings. The van der Waals surface area contributed by atoms with Gasteiger partial charge >= 0.3 is 0 Å². The summed E-state index contributed by atoms with van der Waals surface area (Å²) in [6.07, 6.45) is 1.75. The summed E-state index contributed by atoms with van der Waals surface area (Å²) in [6.45, 7) is 0. The third kappa shape index (κ3) is 2.44. The van der Waals surface area contributed by atoms with Crippen molar-refractivity contribution in [1.82, 2.24) is 4.98 Å². The van der Waals surface area contributed by atoms with Gasteiger partial charge in [-0.15, -0.1) is 0 Å². The Morgan fingerprint density at radius 2 is 1.91 bits per heavy atom. The molecule has 0 bridgehead atoms. The molecule has 22 heavy (non-hydrogen) atoms. The van der Waals surface area contributed by atoms with Gasteiger partial charge < -0.3 is 4.98 Å². The molecule has 3 rings (SSSR count). The van der Waals surface area contributed by atoms with E-state index in [-0.39, 0.29) is 16.5 Å². The van der Waals surface area contributed by atoms with Crippen molar-refractivity contribution in [2.45, 2.75) is 6.42 Å². The monoisotopic (exact) mass is 352 g/mol. The minimum atomic E-state index is -0.454. The van der Waals surface area contributed by atoms with Crippen LogP contribution in [0.4, 0.5) is 4.39 Å². The van der Waals surface area contributed by atoms with Crippen molar-refractivity contribution in [2.75, 3.05) is 0 Å². The third-order valence-electron chi connectivity index (χ3n) is 3.42. The molecule has 2 aromatic carbocycles. The fourth-order valence-corrected chi connectivity index (χ4v) is 3.14. The normalized spacial score (nSPS) is 10.9. The maximum atomic E-state index is 14.9. The zero-order valence-electron chi connectivity index (χ0n) is 11.1. The number of H-pyrrole nitrogens is 1. The summed E-state index contributed by atoms with van der Waals surface area (Å²) in [7, 11) is 0. The lowest BCUT2D eigenvalue weighted by Gasteiger charge is -2.09. The van der Waals surface area contributed by atoms with Crippen LogP contribution in [0, 0.1) is 17.1 Å². The van der Waals surface area contributed by atoms with Crippen molar-refractivity contribution in [3.63, 3.8) is 0 Å². The molecule has 0 amide bonds. The number of fused-ring (bicyclic) bond motifs is 1. The van der Waals surface area contributed by atoms with Gasteiger partial charge in [-0.1, -0.05) is 34.8 Å². The van der Waals surface area contributed by atoms with E-state index >= 15 is 0 Å². The fourth-order valence-electron chi connectivity index (χ4n) is 2.43. The number of hydrogen-bond acceptors (Lipinski definition) is 1. The van der Waals surface area contributed by atoms with E-state index in [1.165, 1.54) is 6.07 Å². The van der Waals surface area contributed by atoms with Crippen molar-refractivity contribution >= 4 is 45.7 Å². The molecule has 1 aromatic heterocycles. The van der Waals surface area contributed by atoms with Gasteiger partial charge in [-0.2, -0.15) is 5.26 Å². The second kappa shape index (κ2) is 5.81. The Labute approximate surface area is 141 Å². The predicted molar refractivity (Wildman–Crippen MR) is 88.0 cm³/mol. The van der Waals surface area contributed by atoms with Gasteiger partial charge in [0.25, 0.3) is 0 Å². The van der Waals surface area contributed by atoms with E-state index in [0.717, 1.165) is 0 Å². The lowest BCUT2D eigenvalue weighted by atomic mass is 10.0. The molecule has 2 nitrogen and oxygen atoms in total. The summed E-state index contributed by atoms with van der Waals surface area (Å²) in [5.41, 5.74) is 1.93. The van der Waals surface area contributed by atoms with Crippen LogP contribution in [0.5, 0.6) is 0 Å². The van der Waals surface area contributed by atoms with E-state index in [9.17, 15) is 4.39 Å². The number of rotatable bonds is 2. The van der Waals surface area contributed by atoms with Crippen molar-refractivity contribution in [3.8, 4) is 17.2 Å². The average molecular weight is 354 g/mol. The van der Waals surface area contributed by atoms with Gasteiger partial charge in [0.05, 0.1) is 22.5 Å². The smallest absolute Gasteiger partial charge is 0.140 e. The average Bonchev–Trinajstić information content (AvgIpc) is 2.88. The molecule has 0 aliphatic heterocycles. The maximum absolute atomic E-state index is 14.9. The van der Waals surface area contributed by atoms with Gasteiger partial charge in [-0.05, 0) is 29.8 Å². The summed E-state index contributed by atoms with van der Waals surface area (Å²) < 4.78 is 14.9.